The van der Waals surface area contributed by atoms with Gasteiger partial charge in [-0.2, -0.15) is 59.4 Å². The van der Waals surface area contributed by atoms with E-state index in [1.165, 1.54) is 0 Å². The maximum absolute atomic E-state index is 0. The van der Waals surface area contributed by atoms with Gasteiger partial charge in [0.25, 0.3) is 0 Å². The van der Waals surface area contributed by atoms with E-state index < -0.39 is 0 Å². The summed E-state index contributed by atoms with van der Waals surface area (Å²) in [5, 5.41) is 0. The Bertz CT molecular complexity index is 54.0. The molecule has 0 saturated carbocycles. The number of nitrogens with two attached hydrogens (primary N) is 9. The molecule has 0 rings (SSSR count). The van der Waals surface area contributed by atoms with E-state index in [0.29, 0.717) is 0 Å². The van der Waals surface area contributed by atoms with Gasteiger partial charge in [0, 0.05) is 80.4 Å². The van der Waals surface area contributed by atoms with Gasteiger partial charge in [0.15, 0.2) is 0 Å². The third-order valence-corrected chi connectivity index (χ3v) is 0. The van der Waals surface area contributed by atoms with Crippen LogP contribution in [-0.2, 0) is 80.4 Å². The van der Waals surface area contributed by atoms with Crippen LogP contribution in [0.3, 0.4) is 0 Å². The van der Waals surface area contributed by atoms with Crippen molar-refractivity contribution in [1.82, 2.24) is 0 Å². The minimum Gasteiger partial charge on any atom is -0.693 e. The predicted octanol–water partition coefficient (Wildman–Crippen LogP) is 10.8. The van der Waals surface area contributed by atoms with Crippen molar-refractivity contribution in [1.29, 1.82) is 0 Å². The molecule has 0 aliphatic carbocycles. The first kappa shape index (κ1) is 1430. The standard InChI is InChI=1S/9CH3.4Ir.9H2N.6H3P/h9*1H3;;;;;9*1H2;6*1H3/q9*-1;;;;;9*-1;;;;;;. The third kappa shape index (κ3) is 1180. The summed E-state index contributed by atoms with van der Waals surface area (Å²) < 4.78 is 0. The molecule has 6 atom stereocenters. The Hall–Kier alpha value is 4.82. The van der Waals surface area contributed by atoms with Crippen molar-refractivity contribution >= 4 is 59.4 Å². The summed E-state index contributed by atoms with van der Waals surface area (Å²) in [6.07, 6.45) is 0. The minimum atomic E-state index is 0. The van der Waals surface area contributed by atoms with Crippen LogP contribution in [0.1, 0.15) is 0 Å². The molecule has 0 fully saturated rings. The monoisotopic (exact) mass is 1260 g/mol. The molecule has 18 N–H and O–H groups in total. The van der Waals surface area contributed by atoms with Crippen LogP contribution in [-0.4, -0.2) is 0 Å². The molecule has 6 unspecified atom stereocenters. The van der Waals surface area contributed by atoms with Gasteiger partial charge in [-0.15, -0.1) is 0 Å². The minimum absolute atomic E-state index is 0. The van der Waals surface area contributed by atoms with E-state index in [4.69, 9.17) is 0 Å². The van der Waals surface area contributed by atoms with Crippen LogP contribution in [0.15, 0.2) is 0 Å². The Balaban J connectivity index is 0. The average molecular weight is 1250 g/mol. The molecule has 0 heterocycles. The molecule has 0 aliphatic heterocycles. The van der Waals surface area contributed by atoms with Crippen LogP contribution >= 0.6 is 59.4 Å². The average Bonchev–Trinajstić information content (AvgIpc) is 0. The van der Waals surface area contributed by atoms with Gasteiger partial charge >= 0.3 is 0 Å². The summed E-state index contributed by atoms with van der Waals surface area (Å²) in [6, 6.07) is 0. The van der Waals surface area contributed by atoms with E-state index in [1.807, 2.05) is 0 Å². The predicted molar refractivity (Wildman–Crippen MR) is 172 cm³/mol. The first-order valence-corrected chi connectivity index (χ1v) is 0. The van der Waals surface area contributed by atoms with Gasteiger partial charge in [-0.25, -0.2) is 0 Å². The molecule has 0 saturated heterocycles. The molecule has 4 radical (unpaired) electrons. The normalized spacial score (nSPS) is 0. The Labute approximate surface area is 259 Å². The van der Waals surface area contributed by atoms with E-state index in [1.54, 1.807) is 0 Å². The molecular weight excluding hydrogens is 1190 g/mol. The van der Waals surface area contributed by atoms with E-state index in [9.17, 15) is 0 Å². The number of hydrogen-bond acceptors (Lipinski definition) is 0. The van der Waals surface area contributed by atoms with E-state index in [-0.39, 0.29) is 262 Å². The quantitative estimate of drug-likeness (QED) is 0.161. The van der Waals surface area contributed by atoms with E-state index in [2.05, 4.69) is 0 Å². The molecule has 19 heteroatoms. The maximum atomic E-state index is 0. The summed E-state index contributed by atoms with van der Waals surface area (Å²) >= 11 is 0. The molecule has 0 aromatic rings. The molecule has 0 aromatic carbocycles. The molecule has 0 bridgehead atoms. The molecular formula is C9H63Ir4N9P6-18. The van der Waals surface area contributed by atoms with Gasteiger partial charge in [-0.1, -0.05) is 0 Å². The summed E-state index contributed by atoms with van der Waals surface area (Å²) in [4.78, 5) is 0. The molecule has 0 spiro atoms. The van der Waals surface area contributed by atoms with Gasteiger partial charge in [0.1, 0.15) is 0 Å². The molecule has 228 valence electrons. The summed E-state index contributed by atoms with van der Waals surface area (Å²) in [6.45, 7) is 0. The van der Waals surface area contributed by atoms with Crippen molar-refractivity contribution in [3.8, 4) is 0 Å². The number of rotatable bonds is 0. The topological polar surface area (TPSA) is 302 Å². The Morgan fingerprint density at radius 3 is 0.143 bits per heavy atom. The number of hydrogen-bond donors (Lipinski definition) is 0. The summed E-state index contributed by atoms with van der Waals surface area (Å²) in [5.74, 6) is 0. The summed E-state index contributed by atoms with van der Waals surface area (Å²) in [7, 11) is 0. The van der Waals surface area contributed by atoms with Crippen LogP contribution in [0.5, 0.6) is 0 Å². The van der Waals surface area contributed by atoms with Crippen molar-refractivity contribution < 1.29 is 80.4 Å². The van der Waals surface area contributed by atoms with Crippen molar-refractivity contribution in [2.75, 3.05) is 0 Å². The zero-order valence-electron chi connectivity index (χ0n) is 19.8. The van der Waals surface area contributed by atoms with Gasteiger partial charge < -0.3 is 122 Å². The molecule has 0 amide bonds. The van der Waals surface area contributed by atoms with Gasteiger partial charge in [0.05, 0.1) is 0 Å². The smallest absolute Gasteiger partial charge is 0 e. The molecule has 9 nitrogen and oxygen atoms in total. The van der Waals surface area contributed by atoms with Crippen LogP contribution < -0.4 is 0 Å². The van der Waals surface area contributed by atoms with Gasteiger partial charge in [0.2, 0.25) is 0 Å². The van der Waals surface area contributed by atoms with E-state index >= 15 is 0 Å². The second-order valence-electron chi connectivity index (χ2n) is 0. The van der Waals surface area contributed by atoms with Crippen LogP contribution in [0.2, 0.25) is 0 Å². The third-order valence-electron chi connectivity index (χ3n) is 0. The van der Waals surface area contributed by atoms with Crippen LogP contribution in [0.4, 0.5) is 0 Å². The van der Waals surface area contributed by atoms with Gasteiger partial charge in [-0.05, 0) is 0 Å². The zero-order valence-corrected chi connectivity index (χ0v) is 37.8. The fourth-order valence-electron chi connectivity index (χ4n) is 0. The largest absolute Gasteiger partial charge is 0.693 e. The van der Waals surface area contributed by atoms with Gasteiger partial charge in [-0.3, -0.25) is 0 Å². The Morgan fingerprint density at radius 2 is 0.143 bits per heavy atom. The van der Waals surface area contributed by atoms with Crippen LogP contribution in [0.25, 0.3) is 55.4 Å². The maximum Gasteiger partial charge on any atom is 0 e. The molecule has 0 aromatic heterocycles. The SMILES string of the molecule is P.P.P.P.P.P.[CH3-].[CH3-].[CH3-].[CH3-].[CH3-].[CH3-].[CH3-].[CH3-].[CH3-].[Ir].[Ir].[Ir].[Ir].[NH2-].[NH2-].[NH2-].[NH2-].[NH2-].[NH2-].[NH2-].[NH2-].[NH2-]. The molecule has 0 aliphatic rings. The second-order valence-corrected chi connectivity index (χ2v) is 0. The fourth-order valence-corrected chi connectivity index (χ4v) is 0. The van der Waals surface area contributed by atoms with Crippen molar-refractivity contribution in [3.63, 3.8) is 0 Å². The molecule has 28 heavy (non-hydrogen) atoms. The van der Waals surface area contributed by atoms with E-state index in [0.717, 1.165) is 0 Å². The summed E-state index contributed by atoms with van der Waals surface area (Å²) in [5.41, 5.74) is 0. The van der Waals surface area contributed by atoms with Crippen molar-refractivity contribution in [3.05, 3.63) is 122 Å². The Kier molecular flexibility index (Phi) is 66600. The van der Waals surface area contributed by atoms with Crippen LogP contribution in [0, 0.1) is 66.8 Å². The zero-order chi connectivity index (χ0) is 0. The first-order valence-electron chi connectivity index (χ1n) is 0. The second kappa shape index (κ2) is 1300. The van der Waals surface area contributed by atoms with Crippen molar-refractivity contribution in [2.45, 2.75) is 0 Å². The first-order chi connectivity index (χ1) is 0. The fraction of sp³-hybridized carbons (Fsp3) is 0. The van der Waals surface area contributed by atoms with Crippen molar-refractivity contribution in [2.24, 2.45) is 0 Å². The Morgan fingerprint density at radius 1 is 0.143 bits per heavy atom.